The normalized spacial score (nSPS) is 11.7. The quantitative estimate of drug-likeness (QED) is 0.936. The Morgan fingerprint density at radius 3 is 2.86 bits per heavy atom. The molecule has 0 saturated heterocycles. The molecule has 108 valence electrons. The molecule has 2 aromatic rings. The van der Waals surface area contributed by atoms with Crippen molar-refractivity contribution in [1.29, 1.82) is 5.26 Å². The van der Waals surface area contributed by atoms with E-state index in [1.54, 1.807) is 18.0 Å². The standard InChI is InChI=1S/C16H18N4O/c1-11(8-9-17)20(3)16(21)15-10-14(18-2)12-6-4-5-7-13(12)19-15/h4-7,10-11H,8H2,1-3H3,(H,18,19). The molecular formula is C16H18N4O. The van der Waals surface area contributed by atoms with Crippen LogP contribution < -0.4 is 5.32 Å². The van der Waals surface area contributed by atoms with Gasteiger partial charge in [0.15, 0.2) is 0 Å². The first-order valence-corrected chi connectivity index (χ1v) is 6.80. The highest BCUT2D eigenvalue weighted by atomic mass is 16.2. The third-order valence-corrected chi connectivity index (χ3v) is 3.57. The molecule has 1 unspecified atom stereocenters. The van der Waals surface area contributed by atoms with Crippen molar-refractivity contribution >= 4 is 22.5 Å². The maximum Gasteiger partial charge on any atom is 0.272 e. The van der Waals surface area contributed by atoms with Gasteiger partial charge in [-0.2, -0.15) is 5.26 Å². The first-order chi connectivity index (χ1) is 10.1. The molecule has 0 spiro atoms. The van der Waals surface area contributed by atoms with E-state index < -0.39 is 0 Å². The van der Waals surface area contributed by atoms with Gasteiger partial charge in [-0.15, -0.1) is 0 Å². The van der Waals surface area contributed by atoms with Crippen molar-refractivity contribution in [1.82, 2.24) is 9.88 Å². The lowest BCUT2D eigenvalue weighted by Crippen LogP contribution is -2.35. The van der Waals surface area contributed by atoms with Crippen molar-refractivity contribution in [3.05, 3.63) is 36.0 Å². The van der Waals surface area contributed by atoms with Gasteiger partial charge in [-0.3, -0.25) is 4.79 Å². The number of benzene rings is 1. The number of carbonyl (C=O) groups excluding carboxylic acids is 1. The van der Waals surface area contributed by atoms with Crippen LogP contribution in [0, 0.1) is 11.3 Å². The van der Waals surface area contributed by atoms with E-state index in [1.807, 2.05) is 38.2 Å². The number of aromatic nitrogens is 1. The van der Waals surface area contributed by atoms with E-state index in [2.05, 4.69) is 16.4 Å². The van der Waals surface area contributed by atoms with E-state index in [4.69, 9.17) is 5.26 Å². The Kier molecular flexibility index (Phi) is 4.39. The highest BCUT2D eigenvalue weighted by Crippen LogP contribution is 2.23. The SMILES string of the molecule is CNc1cc(C(=O)N(C)C(C)CC#N)nc2ccccc12. The second-order valence-electron chi connectivity index (χ2n) is 4.95. The molecule has 21 heavy (non-hydrogen) atoms. The summed E-state index contributed by atoms with van der Waals surface area (Å²) in [4.78, 5) is 18.5. The minimum atomic E-state index is -0.181. The number of rotatable bonds is 4. The minimum Gasteiger partial charge on any atom is -0.388 e. The van der Waals surface area contributed by atoms with E-state index in [0.29, 0.717) is 12.1 Å². The van der Waals surface area contributed by atoms with Gasteiger partial charge < -0.3 is 10.2 Å². The zero-order valence-electron chi connectivity index (χ0n) is 12.4. The fourth-order valence-corrected chi connectivity index (χ4v) is 2.14. The molecule has 1 atom stereocenters. The van der Waals surface area contributed by atoms with Crippen LogP contribution in [0.4, 0.5) is 5.69 Å². The third kappa shape index (κ3) is 2.95. The van der Waals surface area contributed by atoms with Crippen molar-refractivity contribution < 1.29 is 4.79 Å². The molecule has 0 aliphatic heterocycles. The van der Waals surface area contributed by atoms with Crippen molar-refractivity contribution in [2.45, 2.75) is 19.4 Å². The predicted molar refractivity (Wildman–Crippen MR) is 83.1 cm³/mol. The highest BCUT2D eigenvalue weighted by molar-refractivity contribution is 5.99. The maximum absolute atomic E-state index is 12.5. The predicted octanol–water partition coefficient (Wildman–Crippen LogP) is 2.65. The zero-order valence-corrected chi connectivity index (χ0v) is 12.4. The Morgan fingerprint density at radius 1 is 1.48 bits per heavy atom. The van der Waals surface area contributed by atoms with Gasteiger partial charge in [0.25, 0.3) is 5.91 Å². The lowest BCUT2D eigenvalue weighted by atomic mass is 10.1. The lowest BCUT2D eigenvalue weighted by Gasteiger charge is -2.23. The summed E-state index contributed by atoms with van der Waals surface area (Å²) in [5.74, 6) is -0.181. The lowest BCUT2D eigenvalue weighted by molar-refractivity contribution is 0.0741. The van der Waals surface area contributed by atoms with E-state index in [-0.39, 0.29) is 11.9 Å². The van der Waals surface area contributed by atoms with Gasteiger partial charge >= 0.3 is 0 Å². The molecule has 1 amide bonds. The molecular weight excluding hydrogens is 264 g/mol. The van der Waals surface area contributed by atoms with Crippen LogP contribution in [-0.2, 0) is 0 Å². The number of hydrogen-bond acceptors (Lipinski definition) is 4. The summed E-state index contributed by atoms with van der Waals surface area (Å²) < 4.78 is 0. The first kappa shape index (κ1) is 14.8. The Balaban J connectivity index is 2.42. The largest absolute Gasteiger partial charge is 0.388 e. The van der Waals surface area contributed by atoms with Gasteiger partial charge in [-0.25, -0.2) is 4.98 Å². The molecule has 0 radical (unpaired) electrons. The molecule has 1 aromatic carbocycles. The molecule has 5 nitrogen and oxygen atoms in total. The fourth-order valence-electron chi connectivity index (χ4n) is 2.14. The van der Waals surface area contributed by atoms with Crippen LogP contribution in [0.1, 0.15) is 23.8 Å². The maximum atomic E-state index is 12.5. The molecule has 0 fully saturated rings. The number of nitrogens with zero attached hydrogens (tertiary/aromatic N) is 3. The van der Waals surface area contributed by atoms with E-state index in [0.717, 1.165) is 16.6 Å². The van der Waals surface area contributed by atoms with Crippen LogP contribution in [0.15, 0.2) is 30.3 Å². The zero-order chi connectivity index (χ0) is 15.4. The average molecular weight is 282 g/mol. The summed E-state index contributed by atoms with van der Waals surface area (Å²) in [6, 6.07) is 11.4. The Bertz CT molecular complexity index is 705. The summed E-state index contributed by atoms with van der Waals surface area (Å²) in [6.07, 6.45) is 0.300. The molecule has 1 aromatic heterocycles. The van der Waals surface area contributed by atoms with E-state index >= 15 is 0 Å². The number of pyridine rings is 1. The van der Waals surface area contributed by atoms with Gasteiger partial charge in [0, 0.05) is 31.2 Å². The summed E-state index contributed by atoms with van der Waals surface area (Å²) >= 11 is 0. The van der Waals surface area contributed by atoms with E-state index in [1.165, 1.54) is 0 Å². The van der Waals surface area contributed by atoms with Crippen molar-refractivity contribution in [2.24, 2.45) is 0 Å². The monoisotopic (exact) mass is 282 g/mol. The third-order valence-electron chi connectivity index (χ3n) is 3.57. The summed E-state index contributed by atoms with van der Waals surface area (Å²) in [6.45, 7) is 1.85. The van der Waals surface area contributed by atoms with Gasteiger partial charge in [0.2, 0.25) is 0 Å². The number of nitriles is 1. The highest BCUT2D eigenvalue weighted by Gasteiger charge is 2.19. The number of para-hydroxylation sites is 1. The van der Waals surface area contributed by atoms with Crippen LogP contribution in [0.2, 0.25) is 0 Å². The Labute approximate surface area is 124 Å². The van der Waals surface area contributed by atoms with Crippen LogP contribution in [0.3, 0.4) is 0 Å². The average Bonchev–Trinajstić information content (AvgIpc) is 2.52. The van der Waals surface area contributed by atoms with Crippen LogP contribution in [0.5, 0.6) is 0 Å². The van der Waals surface area contributed by atoms with Gasteiger partial charge in [0.05, 0.1) is 18.0 Å². The molecule has 5 heteroatoms. The van der Waals surface area contributed by atoms with Gasteiger partial charge in [0.1, 0.15) is 5.69 Å². The number of amides is 1. The second-order valence-corrected chi connectivity index (χ2v) is 4.95. The number of fused-ring (bicyclic) bond motifs is 1. The van der Waals surface area contributed by atoms with Gasteiger partial charge in [-0.05, 0) is 19.1 Å². The first-order valence-electron chi connectivity index (χ1n) is 6.80. The minimum absolute atomic E-state index is 0.145. The van der Waals surface area contributed by atoms with Crippen LogP contribution in [0.25, 0.3) is 10.9 Å². The molecule has 1 N–H and O–H groups in total. The molecule has 1 heterocycles. The molecule has 2 rings (SSSR count). The Morgan fingerprint density at radius 2 is 2.19 bits per heavy atom. The van der Waals surface area contributed by atoms with Crippen molar-refractivity contribution in [3.63, 3.8) is 0 Å². The Hall–Kier alpha value is -2.61. The molecule has 0 saturated carbocycles. The second kappa shape index (κ2) is 6.23. The number of hydrogen-bond donors (Lipinski definition) is 1. The van der Waals surface area contributed by atoms with Crippen LogP contribution >= 0.6 is 0 Å². The molecule has 0 aliphatic carbocycles. The number of anilines is 1. The van der Waals surface area contributed by atoms with Crippen molar-refractivity contribution in [2.75, 3.05) is 19.4 Å². The van der Waals surface area contributed by atoms with Gasteiger partial charge in [-0.1, -0.05) is 18.2 Å². The smallest absolute Gasteiger partial charge is 0.272 e. The topological polar surface area (TPSA) is 69.0 Å². The summed E-state index contributed by atoms with van der Waals surface area (Å²) in [5.41, 5.74) is 2.02. The molecule has 0 aliphatic rings. The number of carbonyl (C=O) groups is 1. The van der Waals surface area contributed by atoms with E-state index in [9.17, 15) is 4.79 Å². The fraction of sp³-hybridized carbons (Fsp3) is 0.312. The summed E-state index contributed by atoms with van der Waals surface area (Å²) in [5, 5.41) is 12.8. The summed E-state index contributed by atoms with van der Waals surface area (Å²) in [7, 11) is 3.51. The van der Waals surface area contributed by atoms with Crippen LogP contribution in [-0.4, -0.2) is 35.9 Å². The van der Waals surface area contributed by atoms with Crippen molar-refractivity contribution in [3.8, 4) is 6.07 Å². The molecule has 0 bridgehead atoms. The number of nitrogens with one attached hydrogen (secondary N) is 1.